The highest BCUT2D eigenvalue weighted by Crippen LogP contribution is 2.58. The summed E-state index contributed by atoms with van der Waals surface area (Å²) >= 11 is 19.5. The minimum atomic E-state index is 0.258. The maximum Gasteiger partial charge on any atom is 0.139 e. The van der Waals surface area contributed by atoms with Crippen molar-refractivity contribution in [2.45, 2.75) is 43.0 Å². The third kappa shape index (κ3) is 2.45. The van der Waals surface area contributed by atoms with Gasteiger partial charge in [0.15, 0.2) is 0 Å². The Balaban J connectivity index is 1.81. The van der Waals surface area contributed by atoms with Crippen LogP contribution in [0.25, 0.3) is 0 Å². The van der Waals surface area contributed by atoms with E-state index in [1.54, 1.807) is 12.1 Å². The standard InChI is InChI=1S/C14H14Br2Cl2O/c15-8-5-10(18)11(6-9(8)17)19-13-7-12(16)14(13)3-1-2-4-14/h5-6,12-13H,1-4,7H2. The quantitative estimate of drug-likeness (QED) is 0.400. The highest BCUT2D eigenvalue weighted by molar-refractivity contribution is 9.10. The zero-order valence-corrected chi connectivity index (χ0v) is 14.9. The van der Waals surface area contributed by atoms with E-state index >= 15 is 0 Å². The second-order valence-corrected chi connectivity index (χ2v) is 8.22. The van der Waals surface area contributed by atoms with E-state index in [2.05, 4.69) is 31.9 Å². The Labute approximate surface area is 140 Å². The molecule has 2 aliphatic rings. The van der Waals surface area contributed by atoms with E-state index in [-0.39, 0.29) is 6.10 Å². The van der Waals surface area contributed by atoms with Gasteiger partial charge in [-0.25, -0.2) is 0 Å². The summed E-state index contributed by atoms with van der Waals surface area (Å²) < 4.78 is 6.96. The van der Waals surface area contributed by atoms with Gasteiger partial charge in [-0.05, 0) is 41.3 Å². The van der Waals surface area contributed by atoms with Gasteiger partial charge >= 0.3 is 0 Å². The summed E-state index contributed by atoms with van der Waals surface area (Å²) in [7, 11) is 0. The van der Waals surface area contributed by atoms with Gasteiger partial charge in [0.2, 0.25) is 0 Å². The summed E-state index contributed by atoms with van der Waals surface area (Å²) in [4.78, 5) is 0.581. The predicted molar refractivity (Wildman–Crippen MR) is 86.8 cm³/mol. The molecule has 2 fully saturated rings. The van der Waals surface area contributed by atoms with E-state index in [9.17, 15) is 0 Å². The Morgan fingerprint density at radius 1 is 1.16 bits per heavy atom. The highest BCUT2D eigenvalue weighted by Gasteiger charge is 2.56. The van der Waals surface area contributed by atoms with E-state index in [1.165, 1.54) is 25.7 Å². The van der Waals surface area contributed by atoms with Gasteiger partial charge in [0.1, 0.15) is 11.9 Å². The first kappa shape index (κ1) is 14.5. The smallest absolute Gasteiger partial charge is 0.139 e. The van der Waals surface area contributed by atoms with Gasteiger partial charge in [-0.3, -0.25) is 0 Å². The number of hydrogen-bond donors (Lipinski definition) is 0. The Hall–Kier alpha value is 0.560. The Morgan fingerprint density at radius 2 is 1.84 bits per heavy atom. The first-order valence-electron chi connectivity index (χ1n) is 6.48. The molecule has 1 spiro atoms. The monoisotopic (exact) mass is 426 g/mol. The molecule has 2 aliphatic carbocycles. The maximum atomic E-state index is 6.23. The molecule has 0 radical (unpaired) electrons. The number of hydrogen-bond acceptors (Lipinski definition) is 1. The van der Waals surface area contributed by atoms with Crippen molar-refractivity contribution >= 4 is 55.1 Å². The zero-order valence-electron chi connectivity index (χ0n) is 10.3. The second-order valence-electron chi connectivity index (χ2n) is 5.45. The van der Waals surface area contributed by atoms with Crippen LogP contribution in [-0.2, 0) is 0 Å². The largest absolute Gasteiger partial charge is 0.488 e. The molecule has 2 unspecified atom stereocenters. The molecule has 1 nitrogen and oxygen atoms in total. The lowest BCUT2D eigenvalue weighted by atomic mass is 9.64. The molecule has 0 saturated heterocycles. The highest BCUT2D eigenvalue weighted by atomic mass is 79.9. The first-order chi connectivity index (χ1) is 9.03. The van der Waals surface area contributed by atoms with E-state index in [4.69, 9.17) is 27.9 Å². The fraction of sp³-hybridized carbons (Fsp3) is 0.571. The van der Waals surface area contributed by atoms with E-state index in [1.807, 2.05) is 0 Å². The molecule has 2 atom stereocenters. The minimum Gasteiger partial charge on any atom is -0.488 e. The molecule has 3 rings (SSSR count). The van der Waals surface area contributed by atoms with E-state index < -0.39 is 0 Å². The van der Waals surface area contributed by atoms with E-state index in [0.717, 1.165) is 10.9 Å². The molecule has 1 aromatic carbocycles. The van der Waals surface area contributed by atoms with Crippen molar-refractivity contribution in [1.29, 1.82) is 0 Å². The van der Waals surface area contributed by atoms with Crippen LogP contribution in [-0.4, -0.2) is 10.9 Å². The fourth-order valence-corrected chi connectivity index (χ4v) is 5.21. The van der Waals surface area contributed by atoms with Gasteiger partial charge in [0, 0.05) is 20.8 Å². The molecular formula is C14H14Br2Cl2O. The summed E-state index contributed by atoms with van der Waals surface area (Å²) in [6, 6.07) is 3.60. The Bertz CT molecular complexity index is 500. The van der Waals surface area contributed by atoms with Crippen molar-refractivity contribution in [3.8, 4) is 5.75 Å². The van der Waals surface area contributed by atoms with Gasteiger partial charge in [-0.15, -0.1) is 0 Å². The average Bonchev–Trinajstić information content (AvgIpc) is 2.87. The van der Waals surface area contributed by atoms with Crippen molar-refractivity contribution in [2.24, 2.45) is 5.41 Å². The molecule has 0 amide bonds. The summed E-state index contributed by atoms with van der Waals surface area (Å²) in [5, 5.41) is 1.25. The topological polar surface area (TPSA) is 9.23 Å². The molecule has 1 aromatic rings. The van der Waals surface area contributed by atoms with Crippen LogP contribution in [0.1, 0.15) is 32.1 Å². The van der Waals surface area contributed by atoms with Gasteiger partial charge in [0.25, 0.3) is 0 Å². The maximum absolute atomic E-state index is 6.23. The molecule has 0 bridgehead atoms. The van der Waals surface area contributed by atoms with Crippen LogP contribution in [0.3, 0.4) is 0 Å². The van der Waals surface area contributed by atoms with Crippen molar-refractivity contribution in [3.63, 3.8) is 0 Å². The van der Waals surface area contributed by atoms with Crippen LogP contribution in [0, 0.1) is 5.41 Å². The Kier molecular flexibility index (Phi) is 4.12. The van der Waals surface area contributed by atoms with E-state index in [0.29, 0.717) is 26.0 Å². The van der Waals surface area contributed by atoms with Crippen molar-refractivity contribution in [3.05, 3.63) is 26.7 Å². The molecule has 0 N–H and O–H groups in total. The molecule has 0 aliphatic heterocycles. The van der Waals surface area contributed by atoms with Crippen LogP contribution in [0.5, 0.6) is 5.75 Å². The second kappa shape index (κ2) is 5.40. The third-order valence-corrected chi connectivity index (χ3v) is 7.24. The van der Waals surface area contributed by atoms with Crippen LogP contribution < -0.4 is 4.74 Å². The lowest BCUT2D eigenvalue weighted by Crippen LogP contribution is -2.55. The number of alkyl halides is 1. The number of halogens is 4. The SMILES string of the molecule is Clc1cc(OC2CC(Br)C23CCCC3)c(Cl)cc1Br. The van der Waals surface area contributed by atoms with Gasteiger partial charge < -0.3 is 4.74 Å². The summed E-state index contributed by atoms with van der Waals surface area (Å²) in [5.41, 5.74) is 0.308. The number of benzene rings is 1. The minimum absolute atomic E-state index is 0.258. The molecule has 0 heterocycles. The lowest BCUT2D eigenvalue weighted by molar-refractivity contribution is -0.0303. The third-order valence-electron chi connectivity index (χ3n) is 4.46. The van der Waals surface area contributed by atoms with Crippen LogP contribution in [0.15, 0.2) is 16.6 Å². The summed E-state index contributed by atoms with van der Waals surface area (Å²) in [5.74, 6) is 0.700. The molecule has 2 saturated carbocycles. The normalized spacial score (nSPS) is 28.4. The predicted octanol–water partition coefficient (Wildman–Crippen LogP) is 6.23. The van der Waals surface area contributed by atoms with Crippen molar-refractivity contribution in [1.82, 2.24) is 0 Å². The average molecular weight is 429 g/mol. The lowest BCUT2D eigenvalue weighted by Gasteiger charge is -2.51. The molecule has 0 aromatic heterocycles. The fourth-order valence-electron chi connectivity index (χ4n) is 3.28. The van der Waals surface area contributed by atoms with Gasteiger partial charge in [-0.1, -0.05) is 52.0 Å². The van der Waals surface area contributed by atoms with Crippen LogP contribution in [0.2, 0.25) is 10.0 Å². The van der Waals surface area contributed by atoms with Crippen LogP contribution >= 0.6 is 55.1 Å². The summed E-state index contributed by atoms with van der Waals surface area (Å²) in [6.45, 7) is 0. The number of rotatable bonds is 2. The van der Waals surface area contributed by atoms with Crippen LogP contribution in [0.4, 0.5) is 0 Å². The number of ether oxygens (including phenoxy) is 1. The first-order valence-corrected chi connectivity index (χ1v) is 8.95. The molecule has 5 heteroatoms. The molecule has 19 heavy (non-hydrogen) atoms. The Morgan fingerprint density at radius 3 is 2.47 bits per heavy atom. The molecule has 104 valence electrons. The van der Waals surface area contributed by atoms with Gasteiger partial charge in [-0.2, -0.15) is 0 Å². The zero-order chi connectivity index (χ0) is 13.6. The van der Waals surface area contributed by atoms with Gasteiger partial charge in [0.05, 0.1) is 10.0 Å². The molecular weight excluding hydrogens is 415 g/mol. The van der Waals surface area contributed by atoms with Crippen molar-refractivity contribution < 1.29 is 4.74 Å². The summed E-state index contributed by atoms with van der Waals surface area (Å²) in [6.07, 6.45) is 6.40. The van der Waals surface area contributed by atoms with Crippen molar-refractivity contribution in [2.75, 3.05) is 0 Å².